The Balaban J connectivity index is -0.000000845. The van der Waals surface area contributed by atoms with Gasteiger partial charge >= 0.3 is 41.5 Å². The Bertz CT molecular complexity index is 241. The molecule has 2 N–H and O–H groups in total. The fraction of sp³-hybridized carbons (Fsp3) is 0.600. The van der Waals surface area contributed by atoms with Crippen LogP contribution in [0.15, 0.2) is 11.6 Å². The van der Waals surface area contributed by atoms with E-state index in [2.05, 4.69) is 6.92 Å². The van der Waals surface area contributed by atoms with Gasteiger partial charge in [-0.25, -0.2) is 9.59 Å². The normalized spacial score (nSPS) is 10.6. The Morgan fingerprint density at radius 3 is 2.20 bits per heavy atom. The molecule has 0 aliphatic rings. The summed E-state index contributed by atoms with van der Waals surface area (Å²) in [6.45, 7) is 2.06. The predicted octanol–water partition coefficient (Wildman–Crippen LogP) is -0.831. The third-order valence-corrected chi connectivity index (χ3v) is 1.87. The summed E-state index contributed by atoms with van der Waals surface area (Å²) < 4.78 is 0. The molecule has 0 aliphatic heterocycles. The molecule has 15 heavy (non-hydrogen) atoms. The van der Waals surface area contributed by atoms with Crippen LogP contribution in [0.2, 0.25) is 0 Å². The standard InChI is InChI=1S/C10H16O4.Na.H/c1-2-3-4-5-6-8(10(13)14)7-9(11)12;;/h7H,2-6H2,1H3,(H,11,12)(H,13,14);;/q;+1;-1/b8-7-;;. The Morgan fingerprint density at radius 2 is 1.80 bits per heavy atom. The quantitative estimate of drug-likeness (QED) is 0.336. The van der Waals surface area contributed by atoms with Crippen LogP contribution < -0.4 is 29.6 Å². The van der Waals surface area contributed by atoms with Gasteiger partial charge in [0.05, 0.1) is 0 Å². The molecule has 0 rings (SSSR count). The molecule has 0 saturated carbocycles. The second kappa shape index (κ2) is 10.2. The van der Waals surface area contributed by atoms with E-state index in [4.69, 9.17) is 10.2 Å². The maximum atomic E-state index is 10.6. The van der Waals surface area contributed by atoms with E-state index in [1.807, 2.05) is 0 Å². The number of hydrogen-bond donors (Lipinski definition) is 2. The SMILES string of the molecule is CCCCCC/C(=C/C(=O)O)C(=O)O.[H-].[Na+]. The van der Waals surface area contributed by atoms with Crippen molar-refractivity contribution in [2.24, 2.45) is 0 Å². The Kier molecular flexibility index (Phi) is 11.6. The number of carboxylic acids is 2. The molecule has 0 radical (unpaired) electrons. The molecule has 0 heterocycles. The van der Waals surface area contributed by atoms with Crippen molar-refractivity contribution in [3.8, 4) is 0 Å². The number of aliphatic carboxylic acids is 2. The molecule has 0 aliphatic carbocycles. The molecule has 0 unspecified atom stereocenters. The van der Waals surface area contributed by atoms with Crippen molar-refractivity contribution in [1.82, 2.24) is 0 Å². The van der Waals surface area contributed by atoms with Crippen molar-refractivity contribution in [1.29, 1.82) is 0 Å². The van der Waals surface area contributed by atoms with Gasteiger partial charge in [0.25, 0.3) is 0 Å². The maximum Gasteiger partial charge on any atom is 1.00 e. The molecule has 5 heteroatoms. The van der Waals surface area contributed by atoms with Gasteiger partial charge in [-0.3, -0.25) is 0 Å². The minimum atomic E-state index is -1.20. The van der Waals surface area contributed by atoms with Gasteiger partial charge in [0.15, 0.2) is 0 Å². The summed E-state index contributed by atoms with van der Waals surface area (Å²) in [6, 6.07) is 0. The second-order valence-corrected chi connectivity index (χ2v) is 3.12. The number of carboxylic acid groups (broad SMARTS) is 2. The average Bonchev–Trinajstić information content (AvgIpc) is 2.09. The minimum Gasteiger partial charge on any atom is -1.00 e. The summed E-state index contributed by atoms with van der Waals surface area (Å²) in [5.74, 6) is -2.33. The van der Waals surface area contributed by atoms with Crippen molar-refractivity contribution >= 4 is 11.9 Å². The topological polar surface area (TPSA) is 74.6 Å². The summed E-state index contributed by atoms with van der Waals surface area (Å²) in [5.41, 5.74) is -0.0198. The molecule has 0 aromatic heterocycles. The zero-order chi connectivity index (χ0) is 11.0. The minimum absolute atomic E-state index is 0. The van der Waals surface area contributed by atoms with E-state index in [-0.39, 0.29) is 36.6 Å². The zero-order valence-electron chi connectivity index (χ0n) is 10.3. The van der Waals surface area contributed by atoms with Gasteiger partial charge in [0, 0.05) is 11.6 Å². The van der Waals surface area contributed by atoms with Crippen LogP contribution in [0.1, 0.15) is 40.5 Å². The van der Waals surface area contributed by atoms with Gasteiger partial charge in [-0.15, -0.1) is 0 Å². The maximum absolute atomic E-state index is 10.6. The molecule has 0 amide bonds. The molecule has 0 spiro atoms. The van der Waals surface area contributed by atoms with Crippen LogP contribution in [0.5, 0.6) is 0 Å². The van der Waals surface area contributed by atoms with Crippen molar-refractivity contribution in [3.05, 3.63) is 11.6 Å². The van der Waals surface area contributed by atoms with Crippen molar-refractivity contribution < 1.29 is 50.8 Å². The predicted molar refractivity (Wildman–Crippen MR) is 53.2 cm³/mol. The van der Waals surface area contributed by atoms with Crippen LogP contribution in [0, 0.1) is 0 Å². The van der Waals surface area contributed by atoms with Gasteiger partial charge in [0.2, 0.25) is 0 Å². The van der Waals surface area contributed by atoms with Crippen LogP contribution in [0.3, 0.4) is 0 Å². The summed E-state index contributed by atoms with van der Waals surface area (Å²) in [6.07, 6.45) is 4.92. The van der Waals surface area contributed by atoms with Crippen LogP contribution in [-0.2, 0) is 9.59 Å². The van der Waals surface area contributed by atoms with E-state index >= 15 is 0 Å². The molecule has 0 aromatic rings. The summed E-state index contributed by atoms with van der Waals surface area (Å²) >= 11 is 0. The van der Waals surface area contributed by atoms with E-state index < -0.39 is 11.9 Å². The van der Waals surface area contributed by atoms with E-state index in [0.29, 0.717) is 6.42 Å². The summed E-state index contributed by atoms with van der Waals surface area (Å²) in [7, 11) is 0. The first-order chi connectivity index (χ1) is 6.57. The Labute approximate surface area is 113 Å². The number of rotatable bonds is 7. The third-order valence-electron chi connectivity index (χ3n) is 1.87. The summed E-state index contributed by atoms with van der Waals surface area (Å²) in [5, 5.41) is 17.0. The van der Waals surface area contributed by atoms with Crippen molar-refractivity contribution in [3.63, 3.8) is 0 Å². The van der Waals surface area contributed by atoms with Gasteiger partial charge in [-0.2, -0.15) is 0 Å². The molecule has 4 nitrogen and oxygen atoms in total. The number of carbonyl (C=O) groups is 2. The van der Waals surface area contributed by atoms with E-state index in [1.165, 1.54) is 0 Å². The van der Waals surface area contributed by atoms with Crippen LogP contribution in [-0.4, -0.2) is 22.2 Å². The molecule has 0 aromatic carbocycles. The Morgan fingerprint density at radius 1 is 1.20 bits per heavy atom. The third kappa shape index (κ3) is 9.97. The molecule has 0 saturated heterocycles. The van der Waals surface area contributed by atoms with E-state index in [1.54, 1.807) is 0 Å². The van der Waals surface area contributed by atoms with Gasteiger partial charge in [-0.05, 0) is 12.8 Å². The van der Waals surface area contributed by atoms with Crippen LogP contribution in [0.4, 0.5) is 0 Å². The second-order valence-electron chi connectivity index (χ2n) is 3.12. The van der Waals surface area contributed by atoms with Gasteiger partial charge in [0.1, 0.15) is 0 Å². The van der Waals surface area contributed by atoms with E-state index in [9.17, 15) is 9.59 Å². The smallest absolute Gasteiger partial charge is 1.00 e. The first-order valence-electron chi connectivity index (χ1n) is 4.74. The fourth-order valence-electron chi connectivity index (χ4n) is 1.13. The van der Waals surface area contributed by atoms with Crippen molar-refractivity contribution in [2.45, 2.75) is 39.0 Å². The van der Waals surface area contributed by atoms with Crippen LogP contribution >= 0.6 is 0 Å². The molecule has 0 bridgehead atoms. The zero-order valence-corrected chi connectivity index (χ0v) is 11.3. The number of hydrogen-bond acceptors (Lipinski definition) is 2. The molecule has 0 atom stereocenters. The van der Waals surface area contributed by atoms with Gasteiger partial charge in [-0.1, -0.05) is 26.2 Å². The molecule has 82 valence electrons. The average molecular weight is 224 g/mol. The molecule has 0 fully saturated rings. The van der Waals surface area contributed by atoms with E-state index in [0.717, 1.165) is 31.8 Å². The Hall–Kier alpha value is -0.320. The molecular weight excluding hydrogens is 207 g/mol. The first kappa shape index (κ1) is 17.1. The van der Waals surface area contributed by atoms with Crippen molar-refractivity contribution in [2.75, 3.05) is 0 Å². The monoisotopic (exact) mass is 224 g/mol. The van der Waals surface area contributed by atoms with Gasteiger partial charge < -0.3 is 11.6 Å². The number of unbranched alkanes of at least 4 members (excludes halogenated alkanes) is 3. The largest absolute Gasteiger partial charge is 1.00 e. The first-order valence-corrected chi connectivity index (χ1v) is 4.74. The van der Waals surface area contributed by atoms with Crippen LogP contribution in [0.25, 0.3) is 0 Å². The fourth-order valence-corrected chi connectivity index (χ4v) is 1.13. The molecular formula is C10H17NaO4. The summed E-state index contributed by atoms with van der Waals surface area (Å²) in [4.78, 5) is 20.8.